The van der Waals surface area contributed by atoms with Crippen molar-refractivity contribution in [3.8, 4) is 11.1 Å². The highest BCUT2D eigenvalue weighted by Gasteiger charge is 2.14. The van der Waals surface area contributed by atoms with Crippen molar-refractivity contribution in [2.24, 2.45) is 0 Å². The van der Waals surface area contributed by atoms with Gasteiger partial charge in [-0.1, -0.05) is 0 Å². The predicted octanol–water partition coefficient (Wildman–Crippen LogP) is 1.90. The summed E-state index contributed by atoms with van der Waals surface area (Å²) < 4.78 is 7.07. The molecule has 0 aliphatic carbocycles. The van der Waals surface area contributed by atoms with Crippen LogP contribution in [0, 0.1) is 0 Å². The van der Waals surface area contributed by atoms with Crippen molar-refractivity contribution in [3.63, 3.8) is 0 Å². The fourth-order valence-electron chi connectivity index (χ4n) is 2.18. The van der Waals surface area contributed by atoms with E-state index in [1.54, 1.807) is 12.5 Å². The summed E-state index contributed by atoms with van der Waals surface area (Å²) in [4.78, 5) is 0. The molecule has 0 amide bonds. The van der Waals surface area contributed by atoms with Crippen molar-refractivity contribution in [2.45, 2.75) is 25.4 Å². The lowest BCUT2D eigenvalue weighted by atomic mass is 10.2. The van der Waals surface area contributed by atoms with Crippen LogP contribution < -0.4 is 5.32 Å². The van der Waals surface area contributed by atoms with Crippen LogP contribution in [0.2, 0.25) is 0 Å². The van der Waals surface area contributed by atoms with Gasteiger partial charge in [-0.25, -0.2) is 0 Å². The summed E-state index contributed by atoms with van der Waals surface area (Å²) in [5.74, 6) is 0. The van der Waals surface area contributed by atoms with Crippen LogP contribution in [0.3, 0.4) is 0 Å². The van der Waals surface area contributed by atoms with E-state index in [1.165, 1.54) is 12.8 Å². The van der Waals surface area contributed by atoms with Crippen molar-refractivity contribution in [1.29, 1.82) is 0 Å². The number of furan rings is 1. The quantitative estimate of drug-likeness (QED) is 0.853. The number of hydrogen-bond donors (Lipinski definition) is 1. The second kappa shape index (κ2) is 4.14. The third-order valence-corrected chi connectivity index (χ3v) is 3.06. The van der Waals surface area contributed by atoms with E-state index in [0.29, 0.717) is 6.04 Å². The molecule has 1 N–H and O–H groups in total. The van der Waals surface area contributed by atoms with E-state index >= 15 is 0 Å². The molecule has 0 aromatic carbocycles. The maximum absolute atomic E-state index is 5.06. The van der Waals surface area contributed by atoms with Gasteiger partial charge < -0.3 is 9.73 Å². The largest absolute Gasteiger partial charge is 0.472 e. The number of aromatic nitrogens is 2. The van der Waals surface area contributed by atoms with Crippen molar-refractivity contribution < 1.29 is 4.42 Å². The summed E-state index contributed by atoms with van der Waals surface area (Å²) in [6.45, 7) is 2.10. The van der Waals surface area contributed by atoms with Gasteiger partial charge in [0, 0.05) is 23.4 Å². The van der Waals surface area contributed by atoms with E-state index in [9.17, 15) is 0 Å². The Hall–Kier alpha value is -1.55. The molecule has 0 radical (unpaired) electrons. The Kier molecular flexibility index (Phi) is 2.50. The molecule has 1 aliphatic heterocycles. The average Bonchev–Trinajstić information content (AvgIpc) is 2.99. The molecule has 84 valence electrons. The third kappa shape index (κ3) is 1.88. The highest BCUT2D eigenvalue weighted by Crippen LogP contribution is 2.19. The lowest BCUT2D eigenvalue weighted by Gasteiger charge is -2.09. The van der Waals surface area contributed by atoms with Gasteiger partial charge in [0.1, 0.15) is 0 Å². The first-order valence-corrected chi connectivity index (χ1v) is 5.70. The number of rotatable bonds is 3. The molecule has 1 saturated heterocycles. The molecule has 0 saturated carbocycles. The van der Waals surface area contributed by atoms with E-state index in [2.05, 4.69) is 16.6 Å². The van der Waals surface area contributed by atoms with Gasteiger partial charge in [-0.2, -0.15) is 5.10 Å². The first-order chi connectivity index (χ1) is 7.92. The number of hydrogen-bond acceptors (Lipinski definition) is 3. The molecule has 3 heterocycles. The zero-order valence-electron chi connectivity index (χ0n) is 9.10. The van der Waals surface area contributed by atoms with Crippen LogP contribution in [-0.4, -0.2) is 22.4 Å². The second-order valence-electron chi connectivity index (χ2n) is 4.26. The van der Waals surface area contributed by atoms with Gasteiger partial charge in [-0.05, 0) is 25.5 Å². The maximum atomic E-state index is 5.06. The van der Waals surface area contributed by atoms with Gasteiger partial charge in [0.2, 0.25) is 0 Å². The monoisotopic (exact) mass is 217 g/mol. The van der Waals surface area contributed by atoms with Crippen LogP contribution in [0.25, 0.3) is 11.1 Å². The lowest BCUT2D eigenvalue weighted by molar-refractivity contribution is 0.476. The Morgan fingerprint density at radius 1 is 1.50 bits per heavy atom. The van der Waals surface area contributed by atoms with Crippen LogP contribution in [0.4, 0.5) is 0 Å². The average molecular weight is 217 g/mol. The SMILES string of the molecule is c1cc(-c2cnn(C[C@@H]3CCCN3)c2)co1. The minimum absolute atomic E-state index is 0.581. The molecule has 1 aliphatic rings. The highest BCUT2D eigenvalue weighted by atomic mass is 16.3. The molecule has 1 fully saturated rings. The highest BCUT2D eigenvalue weighted by molar-refractivity contribution is 5.59. The molecular formula is C12H15N3O. The molecule has 2 aromatic heterocycles. The molecule has 4 heteroatoms. The molecule has 0 bridgehead atoms. The molecule has 1 atom stereocenters. The summed E-state index contributed by atoms with van der Waals surface area (Å²) in [6.07, 6.45) is 9.92. The summed E-state index contributed by atoms with van der Waals surface area (Å²) in [6, 6.07) is 2.53. The Morgan fingerprint density at radius 3 is 3.25 bits per heavy atom. The van der Waals surface area contributed by atoms with Crippen LogP contribution in [0.1, 0.15) is 12.8 Å². The van der Waals surface area contributed by atoms with E-state index in [-0.39, 0.29) is 0 Å². The first-order valence-electron chi connectivity index (χ1n) is 5.70. The van der Waals surface area contributed by atoms with Gasteiger partial charge in [0.15, 0.2) is 0 Å². The molecule has 2 aromatic rings. The van der Waals surface area contributed by atoms with E-state index in [1.807, 2.05) is 16.9 Å². The van der Waals surface area contributed by atoms with E-state index in [0.717, 1.165) is 24.2 Å². The zero-order chi connectivity index (χ0) is 10.8. The van der Waals surface area contributed by atoms with Crippen molar-refractivity contribution in [2.75, 3.05) is 6.54 Å². The van der Waals surface area contributed by atoms with Gasteiger partial charge in [-0.15, -0.1) is 0 Å². The van der Waals surface area contributed by atoms with E-state index < -0.39 is 0 Å². The molecular weight excluding hydrogens is 202 g/mol. The molecule has 4 nitrogen and oxygen atoms in total. The Labute approximate surface area is 94.3 Å². The fraction of sp³-hybridized carbons (Fsp3) is 0.417. The number of nitrogens with zero attached hydrogens (tertiary/aromatic N) is 2. The maximum Gasteiger partial charge on any atom is 0.0982 e. The summed E-state index contributed by atoms with van der Waals surface area (Å²) in [5.41, 5.74) is 2.21. The third-order valence-electron chi connectivity index (χ3n) is 3.06. The first kappa shape index (κ1) is 9.66. The topological polar surface area (TPSA) is 43.0 Å². The Balaban J connectivity index is 1.72. The Morgan fingerprint density at radius 2 is 2.50 bits per heavy atom. The molecule has 0 unspecified atom stereocenters. The minimum atomic E-state index is 0.581. The van der Waals surface area contributed by atoms with Crippen LogP contribution in [0.15, 0.2) is 35.4 Å². The summed E-state index contributed by atoms with van der Waals surface area (Å²) in [7, 11) is 0. The summed E-state index contributed by atoms with van der Waals surface area (Å²) in [5, 5.41) is 7.84. The molecule has 16 heavy (non-hydrogen) atoms. The van der Waals surface area contributed by atoms with Gasteiger partial charge in [-0.3, -0.25) is 4.68 Å². The normalized spacial score (nSPS) is 20.4. The van der Waals surface area contributed by atoms with Crippen molar-refractivity contribution >= 4 is 0 Å². The number of nitrogens with one attached hydrogen (secondary N) is 1. The molecule has 3 rings (SSSR count). The predicted molar refractivity (Wildman–Crippen MR) is 61.0 cm³/mol. The van der Waals surface area contributed by atoms with Crippen LogP contribution in [0.5, 0.6) is 0 Å². The van der Waals surface area contributed by atoms with Crippen LogP contribution in [-0.2, 0) is 6.54 Å². The molecule has 0 spiro atoms. The Bertz CT molecular complexity index is 441. The van der Waals surface area contributed by atoms with Gasteiger partial charge >= 0.3 is 0 Å². The van der Waals surface area contributed by atoms with Gasteiger partial charge in [0.05, 0.1) is 25.3 Å². The minimum Gasteiger partial charge on any atom is -0.472 e. The smallest absolute Gasteiger partial charge is 0.0982 e. The van der Waals surface area contributed by atoms with Crippen LogP contribution >= 0.6 is 0 Å². The second-order valence-corrected chi connectivity index (χ2v) is 4.26. The standard InChI is InChI=1S/C12H15N3O/c1-2-12(13-4-1)8-15-7-11(6-14-15)10-3-5-16-9-10/h3,5-7,9,12-13H,1-2,4,8H2/t12-/m0/s1. The lowest BCUT2D eigenvalue weighted by Crippen LogP contribution is -2.26. The fourth-order valence-corrected chi connectivity index (χ4v) is 2.18. The van der Waals surface area contributed by atoms with Crippen molar-refractivity contribution in [1.82, 2.24) is 15.1 Å². The van der Waals surface area contributed by atoms with E-state index in [4.69, 9.17) is 4.42 Å². The van der Waals surface area contributed by atoms with Crippen molar-refractivity contribution in [3.05, 3.63) is 31.0 Å². The summed E-state index contributed by atoms with van der Waals surface area (Å²) >= 11 is 0. The van der Waals surface area contributed by atoms with Gasteiger partial charge in [0.25, 0.3) is 0 Å². The zero-order valence-corrected chi connectivity index (χ0v) is 9.10.